The molecule has 3 aromatic carbocycles. The third kappa shape index (κ3) is 6.13. The van der Waals surface area contributed by atoms with E-state index in [0.717, 1.165) is 15.7 Å². The Morgan fingerprint density at radius 2 is 1.68 bits per heavy atom. The van der Waals surface area contributed by atoms with Gasteiger partial charge in [0.05, 0.1) is 12.2 Å². The van der Waals surface area contributed by atoms with Gasteiger partial charge < -0.3 is 15.3 Å². The van der Waals surface area contributed by atoms with Crippen molar-refractivity contribution >= 4 is 45.1 Å². The molecule has 0 aliphatic carbocycles. The summed E-state index contributed by atoms with van der Waals surface area (Å²) in [4.78, 5) is 26.8. The number of hydrogen-bond acceptors (Lipinski definition) is 4. The average molecular weight is 479 g/mol. The molecule has 0 aliphatic rings. The Balaban J connectivity index is 1.61. The number of hydrogen-bond donors (Lipinski definition) is 2. The van der Waals surface area contributed by atoms with Crippen LogP contribution in [0.3, 0.4) is 0 Å². The first-order chi connectivity index (χ1) is 15.0. The van der Waals surface area contributed by atoms with Gasteiger partial charge >= 0.3 is 0 Å². The summed E-state index contributed by atoms with van der Waals surface area (Å²) in [6.45, 7) is 0.658. The molecule has 0 unspecified atom stereocenters. The normalized spacial score (nSPS) is 10.8. The van der Waals surface area contributed by atoms with Gasteiger partial charge in [0.1, 0.15) is 0 Å². The van der Waals surface area contributed by atoms with Crippen molar-refractivity contribution in [3.05, 3.63) is 100 Å². The fourth-order valence-electron chi connectivity index (χ4n) is 2.95. The number of nitrogens with one attached hydrogen (secondary N) is 1. The fourth-order valence-corrected chi connectivity index (χ4v) is 3.41. The number of aliphatic hydroxyl groups is 1. The van der Waals surface area contributed by atoms with Gasteiger partial charge in [0.15, 0.2) is 5.78 Å². The number of carbonyl (C=O) groups is 2. The van der Waals surface area contributed by atoms with Crippen molar-refractivity contribution in [3.63, 3.8) is 0 Å². The van der Waals surface area contributed by atoms with E-state index in [2.05, 4.69) is 21.2 Å². The summed E-state index contributed by atoms with van der Waals surface area (Å²) >= 11 is 3.37. The van der Waals surface area contributed by atoms with E-state index in [1.165, 1.54) is 6.08 Å². The van der Waals surface area contributed by atoms with Crippen LogP contribution in [0.5, 0.6) is 0 Å². The molecule has 0 saturated carbocycles. The molecule has 2 N–H and O–H groups in total. The van der Waals surface area contributed by atoms with Gasteiger partial charge in [0, 0.05) is 35.0 Å². The molecule has 31 heavy (non-hydrogen) atoms. The minimum Gasteiger partial charge on any atom is -0.395 e. The highest BCUT2D eigenvalue weighted by atomic mass is 79.9. The zero-order chi connectivity index (χ0) is 22.2. The van der Waals surface area contributed by atoms with Crippen LogP contribution in [0.2, 0.25) is 0 Å². The van der Waals surface area contributed by atoms with Crippen molar-refractivity contribution in [2.24, 2.45) is 0 Å². The first kappa shape index (κ1) is 22.5. The molecule has 0 spiro atoms. The van der Waals surface area contributed by atoms with E-state index in [4.69, 9.17) is 5.11 Å². The Kier molecular flexibility index (Phi) is 7.76. The summed E-state index contributed by atoms with van der Waals surface area (Å²) in [6.07, 6.45) is 3.29. The summed E-state index contributed by atoms with van der Waals surface area (Å²) in [5.74, 6) is -0.343. The summed E-state index contributed by atoms with van der Waals surface area (Å²) in [6, 6.07) is 21.7. The number of amides is 1. The molecule has 3 aromatic rings. The van der Waals surface area contributed by atoms with Crippen LogP contribution >= 0.6 is 15.9 Å². The Morgan fingerprint density at radius 3 is 2.32 bits per heavy atom. The van der Waals surface area contributed by atoms with Crippen LogP contribution in [-0.2, 0) is 0 Å². The highest BCUT2D eigenvalue weighted by Gasteiger charge is 2.10. The zero-order valence-corrected chi connectivity index (χ0v) is 18.7. The lowest BCUT2D eigenvalue weighted by Crippen LogP contribution is -2.20. The number of anilines is 2. The summed E-state index contributed by atoms with van der Waals surface area (Å²) in [7, 11) is 1.91. The molecule has 0 atom stereocenters. The molecule has 0 fully saturated rings. The van der Waals surface area contributed by atoms with Gasteiger partial charge in [-0.1, -0.05) is 30.3 Å². The van der Waals surface area contributed by atoms with E-state index in [1.54, 1.807) is 42.5 Å². The predicted octanol–water partition coefficient (Wildman–Crippen LogP) is 5.03. The molecule has 6 heteroatoms. The third-order valence-corrected chi connectivity index (χ3v) is 5.43. The molecule has 0 bridgehead atoms. The minimum atomic E-state index is -0.223. The van der Waals surface area contributed by atoms with Crippen molar-refractivity contribution in [2.45, 2.75) is 0 Å². The lowest BCUT2D eigenvalue weighted by atomic mass is 10.1. The Morgan fingerprint density at radius 1 is 1.00 bits per heavy atom. The lowest BCUT2D eigenvalue weighted by Gasteiger charge is -2.17. The van der Waals surface area contributed by atoms with Crippen molar-refractivity contribution in [3.8, 4) is 0 Å². The van der Waals surface area contributed by atoms with E-state index in [1.807, 2.05) is 48.3 Å². The van der Waals surface area contributed by atoms with E-state index in [-0.39, 0.29) is 18.3 Å². The minimum absolute atomic E-state index is 0.0962. The highest BCUT2D eigenvalue weighted by Crippen LogP contribution is 2.19. The van der Waals surface area contributed by atoms with Gasteiger partial charge in [0.2, 0.25) is 0 Å². The molecule has 1 amide bonds. The van der Waals surface area contributed by atoms with Crippen LogP contribution in [0.4, 0.5) is 11.4 Å². The maximum Gasteiger partial charge on any atom is 0.256 e. The summed E-state index contributed by atoms with van der Waals surface area (Å²) in [5, 5.41) is 11.8. The molecular formula is C25H23BrN2O3. The molecule has 5 nitrogen and oxygen atoms in total. The quantitative estimate of drug-likeness (QED) is 0.352. The number of rotatable bonds is 8. The second-order valence-corrected chi connectivity index (χ2v) is 7.80. The van der Waals surface area contributed by atoms with E-state index >= 15 is 0 Å². The number of halogens is 1. The molecule has 0 aromatic heterocycles. The van der Waals surface area contributed by atoms with Gasteiger partial charge in [0.25, 0.3) is 5.91 Å². The SMILES string of the molecule is CN(CCO)c1ccc(/C=C/C(=O)c2ccc(NC(=O)c3ccccc3Br)cc2)cc1. The van der Waals surface area contributed by atoms with E-state index in [0.29, 0.717) is 23.4 Å². The first-order valence-corrected chi connectivity index (χ1v) is 10.6. The Bertz CT molecular complexity index is 1080. The number of allylic oxidation sites excluding steroid dienone is 1. The molecule has 158 valence electrons. The van der Waals surface area contributed by atoms with Crippen LogP contribution in [-0.4, -0.2) is 37.0 Å². The number of nitrogens with zero attached hydrogens (tertiary/aromatic N) is 1. The van der Waals surface area contributed by atoms with E-state index < -0.39 is 0 Å². The zero-order valence-electron chi connectivity index (χ0n) is 17.1. The van der Waals surface area contributed by atoms with Crippen LogP contribution in [0.25, 0.3) is 6.08 Å². The van der Waals surface area contributed by atoms with Crippen LogP contribution in [0, 0.1) is 0 Å². The Labute approximate surface area is 190 Å². The Hall–Kier alpha value is -3.22. The van der Waals surface area contributed by atoms with Crippen molar-refractivity contribution in [1.82, 2.24) is 0 Å². The van der Waals surface area contributed by atoms with Gasteiger partial charge in [-0.2, -0.15) is 0 Å². The second-order valence-electron chi connectivity index (χ2n) is 6.95. The smallest absolute Gasteiger partial charge is 0.256 e. The molecule has 0 saturated heterocycles. The van der Waals surface area contributed by atoms with Gasteiger partial charge in [-0.05, 0) is 76.1 Å². The number of likely N-dealkylation sites (N-methyl/N-ethyl adjacent to an activating group) is 1. The second kappa shape index (κ2) is 10.7. The average Bonchev–Trinajstić information content (AvgIpc) is 2.78. The van der Waals surface area contributed by atoms with E-state index in [9.17, 15) is 9.59 Å². The first-order valence-electron chi connectivity index (χ1n) is 9.78. The molecule has 3 rings (SSSR count). The van der Waals surface area contributed by atoms with Crippen LogP contribution < -0.4 is 10.2 Å². The number of ketones is 1. The van der Waals surface area contributed by atoms with Crippen LogP contribution in [0.15, 0.2) is 83.3 Å². The largest absolute Gasteiger partial charge is 0.395 e. The monoisotopic (exact) mass is 478 g/mol. The summed E-state index contributed by atoms with van der Waals surface area (Å²) in [5.41, 5.74) is 3.60. The number of benzene rings is 3. The van der Waals surface area contributed by atoms with Crippen LogP contribution in [0.1, 0.15) is 26.3 Å². The van der Waals surface area contributed by atoms with Crippen molar-refractivity contribution in [2.75, 3.05) is 30.4 Å². The summed E-state index contributed by atoms with van der Waals surface area (Å²) < 4.78 is 0.720. The number of aliphatic hydroxyl groups excluding tert-OH is 1. The lowest BCUT2D eigenvalue weighted by molar-refractivity contribution is 0.102. The van der Waals surface area contributed by atoms with Gasteiger partial charge in [-0.3, -0.25) is 9.59 Å². The number of carbonyl (C=O) groups excluding carboxylic acids is 2. The third-order valence-electron chi connectivity index (χ3n) is 4.74. The van der Waals surface area contributed by atoms with Gasteiger partial charge in [-0.25, -0.2) is 0 Å². The molecular weight excluding hydrogens is 456 g/mol. The molecule has 0 aliphatic heterocycles. The standard InChI is InChI=1S/C25H23BrN2O3/c1-28(16-17-29)21-13-6-18(7-14-21)8-15-24(30)19-9-11-20(12-10-19)27-25(31)22-4-2-3-5-23(22)26/h2-15,29H,16-17H2,1H3,(H,27,31)/b15-8+. The highest BCUT2D eigenvalue weighted by molar-refractivity contribution is 9.10. The van der Waals surface area contributed by atoms with Crippen molar-refractivity contribution < 1.29 is 14.7 Å². The maximum atomic E-state index is 12.5. The molecule has 0 heterocycles. The topological polar surface area (TPSA) is 69.6 Å². The fraction of sp³-hybridized carbons (Fsp3) is 0.120. The van der Waals surface area contributed by atoms with Crippen molar-refractivity contribution in [1.29, 1.82) is 0 Å². The maximum absolute atomic E-state index is 12.5. The predicted molar refractivity (Wildman–Crippen MR) is 129 cm³/mol. The van der Waals surface area contributed by atoms with Gasteiger partial charge in [-0.15, -0.1) is 0 Å². The molecule has 0 radical (unpaired) electrons.